The number of rotatable bonds is 4. The first-order chi connectivity index (χ1) is 12.5. The first-order valence-electron chi connectivity index (χ1n) is 7.65. The van der Waals surface area contributed by atoms with Crippen molar-refractivity contribution in [1.82, 2.24) is 0 Å². The zero-order valence-corrected chi connectivity index (χ0v) is 13.4. The van der Waals surface area contributed by atoms with E-state index in [4.69, 9.17) is 0 Å². The van der Waals surface area contributed by atoms with E-state index in [1.54, 1.807) is 6.07 Å². The standard InChI is InChI=1S/C20H13F2NO3/c21-16-9-7-14(10-17(16)22)19(24)23-18-11-13(6-8-15(18)20(25)26)12-4-2-1-3-5-12/h1-11H,(H,23,24)(H,25,26). The molecule has 2 N–H and O–H groups in total. The van der Waals surface area contributed by atoms with Gasteiger partial charge in [-0.05, 0) is 41.5 Å². The van der Waals surface area contributed by atoms with Crippen LogP contribution in [0.1, 0.15) is 20.7 Å². The lowest BCUT2D eigenvalue weighted by molar-refractivity contribution is 0.0698. The molecule has 0 aliphatic carbocycles. The Hall–Kier alpha value is -3.54. The average molecular weight is 353 g/mol. The molecule has 130 valence electrons. The second-order valence-corrected chi connectivity index (χ2v) is 5.51. The van der Waals surface area contributed by atoms with E-state index in [1.807, 2.05) is 30.3 Å². The minimum atomic E-state index is -1.22. The van der Waals surface area contributed by atoms with Gasteiger partial charge in [-0.1, -0.05) is 36.4 Å². The van der Waals surface area contributed by atoms with E-state index in [0.717, 1.165) is 23.8 Å². The first kappa shape index (κ1) is 17.3. The lowest BCUT2D eigenvalue weighted by Gasteiger charge is -2.11. The van der Waals surface area contributed by atoms with E-state index in [9.17, 15) is 23.5 Å². The number of hydrogen-bond acceptors (Lipinski definition) is 2. The summed E-state index contributed by atoms with van der Waals surface area (Å²) in [4.78, 5) is 23.7. The molecule has 6 heteroatoms. The van der Waals surface area contributed by atoms with Gasteiger partial charge >= 0.3 is 5.97 Å². The lowest BCUT2D eigenvalue weighted by Crippen LogP contribution is -2.15. The molecule has 0 aliphatic heterocycles. The summed E-state index contributed by atoms with van der Waals surface area (Å²) in [5.41, 5.74) is 1.38. The van der Waals surface area contributed by atoms with Crippen LogP contribution in [-0.4, -0.2) is 17.0 Å². The molecule has 0 bridgehead atoms. The van der Waals surface area contributed by atoms with Crippen molar-refractivity contribution in [3.05, 3.63) is 89.5 Å². The summed E-state index contributed by atoms with van der Waals surface area (Å²) in [6, 6.07) is 16.5. The van der Waals surface area contributed by atoms with Crippen LogP contribution >= 0.6 is 0 Å². The molecular formula is C20H13F2NO3. The molecule has 0 heterocycles. The maximum atomic E-state index is 13.3. The molecule has 0 fully saturated rings. The molecule has 4 nitrogen and oxygen atoms in total. The van der Waals surface area contributed by atoms with Gasteiger partial charge in [0.1, 0.15) is 0 Å². The van der Waals surface area contributed by atoms with Crippen LogP contribution in [0.5, 0.6) is 0 Å². The predicted octanol–water partition coefficient (Wildman–Crippen LogP) is 4.58. The highest BCUT2D eigenvalue weighted by atomic mass is 19.2. The Morgan fingerprint density at radius 1 is 0.808 bits per heavy atom. The normalized spacial score (nSPS) is 10.4. The number of halogens is 2. The summed E-state index contributed by atoms with van der Waals surface area (Å²) in [5.74, 6) is -4.19. The van der Waals surface area contributed by atoms with Crippen molar-refractivity contribution in [2.45, 2.75) is 0 Å². The summed E-state index contributed by atoms with van der Waals surface area (Å²) < 4.78 is 26.3. The van der Waals surface area contributed by atoms with Crippen molar-refractivity contribution >= 4 is 17.6 Å². The van der Waals surface area contributed by atoms with Crippen LogP contribution < -0.4 is 5.32 Å². The number of anilines is 1. The molecule has 0 saturated carbocycles. The third kappa shape index (κ3) is 3.59. The van der Waals surface area contributed by atoms with Gasteiger partial charge in [-0.25, -0.2) is 13.6 Å². The zero-order chi connectivity index (χ0) is 18.7. The fourth-order valence-electron chi connectivity index (χ4n) is 2.48. The summed E-state index contributed by atoms with van der Waals surface area (Å²) in [6.45, 7) is 0. The Bertz CT molecular complexity index is 988. The van der Waals surface area contributed by atoms with Gasteiger partial charge in [-0.2, -0.15) is 0 Å². The van der Waals surface area contributed by atoms with Crippen LogP contribution in [0.25, 0.3) is 11.1 Å². The van der Waals surface area contributed by atoms with Gasteiger partial charge in [0.2, 0.25) is 0 Å². The number of hydrogen-bond donors (Lipinski definition) is 2. The molecule has 3 rings (SSSR count). The summed E-state index contributed by atoms with van der Waals surface area (Å²) >= 11 is 0. The molecule has 1 amide bonds. The van der Waals surface area contributed by atoms with Gasteiger partial charge in [0, 0.05) is 5.56 Å². The van der Waals surface area contributed by atoms with Crippen LogP contribution in [0.2, 0.25) is 0 Å². The summed E-state index contributed by atoms with van der Waals surface area (Å²) in [6.07, 6.45) is 0. The fraction of sp³-hybridized carbons (Fsp3) is 0. The van der Waals surface area contributed by atoms with Gasteiger partial charge in [-0.3, -0.25) is 4.79 Å². The van der Waals surface area contributed by atoms with Crippen molar-refractivity contribution in [1.29, 1.82) is 0 Å². The summed E-state index contributed by atoms with van der Waals surface area (Å²) in [5, 5.41) is 11.8. The molecule has 0 atom stereocenters. The number of benzene rings is 3. The molecule has 0 spiro atoms. The van der Waals surface area contributed by atoms with Crippen LogP contribution in [0.15, 0.2) is 66.7 Å². The molecule has 3 aromatic rings. The molecule has 0 aliphatic rings. The van der Waals surface area contributed by atoms with E-state index in [1.165, 1.54) is 12.1 Å². The largest absolute Gasteiger partial charge is 0.478 e. The average Bonchev–Trinajstić information content (AvgIpc) is 2.64. The SMILES string of the molecule is O=C(Nc1cc(-c2ccccc2)ccc1C(=O)O)c1ccc(F)c(F)c1. The smallest absolute Gasteiger partial charge is 0.337 e. The van der Waals surface area contributed by atoms with Crippen LogP contribution in [-0.2, 0) is 0 Å². The van der Waals surface area contributed by atoms with Crippen LogP contribution in [0, 0.1) is 11.6 Å². The van der Waals surface area contributed by atoms with E-state index in [-0.39, 0.29) is 16.8 Å². The number of nitrogens with one attached hydrogen (secondary N) is 1. The number of carboxylic acids is 1. The van der Waals surface area contributed by atoms with Crippen LogP contribution in [0.3, 0.4) is 0 Å². The Morgan fingerprint density at radius 2 is 1.54 bits per heavy atom. The Labute approximate surface area is 147 Å². The van der Waals surface area contributed by atoms with E-state index in [0.29, 0.717) is 5.56 Å². The highest BCUT2D eigenvalue weighted by Crippen LogP contribution is 2.26. The molecule has 3 aromatic carbocycles. The zero-order valence-electron chi connectivity index (χ0n) is 13.4. The Kier molecular flexibility index (Phi) is 4.75. The number of carbonyl (C=O) groups is 2. The lowest BCUT2D eigenvalue weighted by atomic mass is 10.0. The third-order valence-corrected chi connectivity index (χ3v) is 3.79. The van der Waals surface area contributed by atoms with Crippen molar-refractivity contribution < 1.29 is 23.5 Å². The number of amides is 1. The molecule has 0 aromatic heterocycles. The molecular weight excluding hydrogens is 340 g/mol. The maximum absolute atomic E-state index is 13.3. The fourth-order valence-corrected chi connectivity index (χ4v) is 2.48. The molecule has 0 radical (unpaired) electrons. The number of carbonyl (C=O) groups excluding carboxylic acids is 1. The Balaban J connectivity index is 1.97. The maximum Gasteiger partial charge on any atom is 0.337 e. The highest BCUT2D eigenvalue weighted by molar-refractivity contribution is 6.08. The first-order valence-corrected chi connectivity index (χ1v) is 7.65. The van der Waals surface area contributed by atoms with Crippen LogP contribution in [0.4, 0.5) is 14.5 Å². The third-order valence-electron chi connectivity index (χ3n) is 3.79. The molecule has 0 saturated heterocycles. The van der Waals surface area contributed by atoms with Gasteiger partial charge < -0.3 is 10.4 Å². The highest BCUT2D eigenvalue weighted by Gasteiger charge is 2.16. The molecule has 26 heavy (non-hydrogen) atoms. The number of carboxylic acid groups (broad SMARTS) is 1. The van der Waals surface area contributed by atoms with Crippen molar-refractivity contribution in [2.24, 2.45) is 0 Å². The second-order valence-electron chi connectivity index (χ2n) is 5.51. The monoisotopic (exact) mass is 353 g/mol. The second kappa shape index (κ2) is 7.14. The summed E-state index contributed by atoms with van der Waals surface area (Å²) in [7, 11) is 0. The number of aromatic carboxylic acids is 1. The predicted molar refractivity (Wildman–Crippen MR) is 93.1 cm³/mol. The topological polar surface area (TPSA) is 66.4 Å². The quantitative estimate of drug-likeness (QED) is 0.721. The van der Waals surface area contributed by atoms with Crippen molar-refractivity contribution in [3.8, 4) is 11.1 Å². The van der Waals surface area contributed by atoms with E-state index in [2.05, 4.69) is 5.32 Å². The van der Waals surface area contributed by atoms with E-state index < -0.39 is 23.5 Å². The van der Waals surface area contributed by atoms with Gasteiger partial charge in [0.05, 0.1) is 11.3 Å². The van der Waals surface area contributed by atoms with Crippen molar-refractivity contribution in [3.63, 3.8) is 0 Å². The minimum absolute atomic E-state index is 0.0635. The van der Waals surface area contributed by atoms with Gasteiger partial charge in [-0.15, -0.1) is 0 Å². The minimum Gasteiger partial charge on any atom is -0.478 e. The van der Waals surface area contributed by atoms with Gasteiger partial charge in [0.25, 0.3) is 5.91 Å². The van der Waals surface area contributed by atoms with E-state index >= 15 is 0 Å². The molecule has 0 unspecified atom stereocenters. The Morgan fingerprint density at radius 3 is 2.19 bits per heavy atom. The van der Waals surface area contributed by atoms with Crippen molar-refractivity contribution in [2.75, 3.05) is 5.32 Å². The van der Waals surface area contributed by atoms with Gasteiger partial charge in [0.15, 0.2) is 11.6 Å².